The molecular formula is C10H24O7. The van der Waals surface area contributed by atoms with E-state index in [4.69, 9.17) is 30.0 Å². The Kier molecular flexibility index (Phi) is 29.0. The van der Waals surface area contributed by atoms with E-state index >= 15 is 0 Å². The highest BCUT2D eigenvalue weighted by Gasteiger charge is 1.94. The molecule has 106 valence electrons. The number of hydrogen-bond donors (Lipinski definition) is 4. The summed E-state index contributed by atoms with van der Waals surface area (Å²) in [5.74, 6) is 0.954. The maximum atomic E-state index is 8.56. The van der Waals surface area contributed by atoms with Gasteiger partial charge in [-0.05, 0) is 5.92 Å². The highest BCUT2D eigenvalue weighted by molar-refractivity contribution is 5.53. The second kappa shape index (κ2) is 20.0. The molecule has 0 aromatic rings. The van der Waals surface area contributed by atoms with Crippen molar-refractivity contribution in [2.45, 2.75) is 46.5 Å². The Hall–Kier alpha value is -1.50. The van der Waals surface area contributed by atoms with Crippen LogP contribution in [0.25, 0.3) is 0 Å². The van der Waals surface area contributed by atoms with Gasteiger partial charge in [-0.1, -0.05) is 46.5 Å². The highest BCUT2D eigenvalue weighted by Crippen LogP contribution is 2.09. The molecule has 1 unspecified atom stereocenters. The molecule has 0 aliphatic heterocycles. The second-order valence-corrected chi connectivity index (χ2v) is 3.22. The summed E-state index contributed by atoms with van der Waals surface area (Å²) >= 11 is 0. The number of carbonyl (C=O) groups is 2. The third-order valence-electron chi connectivity index (χ3n) is 1.75. The largest absolute Gasteiger partial charge is 0.503 e. The van der Waals surface area contributed by atoms with Gasteiger partial charge in [-0.2, -0.15) is 0 Å². The van der Waals surface area contributed by atoms with Crippen LogP contribution in [0.5, 0.6) is 0 Å². The first kappa shape index (κ1) is 24.6. The molecule has 0 rings (SSSR count). The minimum atomic E-state index is -1.83. The van der Waals surface area contributed by atoms with E-state index < -0.39 is 12.3 Å². The minimum Gasteiger partial charge on any atom is -0.450 e. The van der Waals surface area contributed by atoms with Crippen molar-refractivity contribution in [3.05, 3.63) is 0 Å². The van der Waals surface area contributed by atoms with Gasteiger partial charge in [0.15, 0.2) is 0 Å². The van der Waals surface area contributed by atoms with E-state index in [1.54, 1.807) is 0 Å². The summed E-state index contributed by atoms with van der Waals surface area (Å²) < 4.78 is 0. The fourth-order valence-corrected chi connectivity index (χ4v) is 0.757. The molecule has 0 heterocycles. The van der Waals surface area contributed by atoms with Crippen LogP contribution in [0.15, 0.2) is 0 Å². The van der Waals surface area contributed by atoms with Gasteiger partial charge in [0.1, 0.15) is 0 Å². The molecule has 0 radical (unpaired) electrons. The third kappa shape index (κ3) is 112. The van der Waals surface area contributed by atoms with Gasteiger partial charge in [0.05, 0.1) is 0 Å². The molecule has 7 heteroatoms. The van der Waals surface area contributed by atoms with Crippen molar-refractivity contribution >= 4 is 12.3 Å². The summed E-state index contributed by atoms with van der Waals surface area (Å²) in [6.45, 7) is 6.85. The second-order valence-electron chi connectivity index (χ2n) is 3.22. The van der Waals surface area contributed by atoms with Gasteiger partial charge in [0.2, 0.25) is 0 Å². The van der Waals surface area contributed by atoms with E-state index in [0.29, 0.717) is 0 Å². The topological polar surface area (TPSA) is 147 Å². The Morgan fingerprint density at radius 2 is 1.29 bits per heavy atom. The normalized spacial score (nSPS) is 9.35. The molecule has 0 spiro atoms. The summed E-state index contributed by atoms with van der Waals surface area (Å²) in [6.07, 6.45) is 1.87. The lowest BCUT2D eigenvalue weighted by Gasteiger charge is -2.04. The quantitative estimate of drug-likeness (QED) is 0.608. The fraction of sp³-hybridized carbons (Fsp3) is 0.800. The number of rotatable bonds is 4. The third-order valence-corrected chi connectivity index (χ3v) is 1.75. The Labute approximate surface area is 101 Å². The van der Waals surface area contributed by atoms with Crippen LogP contribution >= 0.6 is 0 Å². The van der Waals surface area contributed by atoms with Crippen molar-refractivity contribution in [1.29, 1.82) is 0 Å². The fourth-order valence-electron chi connectivity index (χ4n) is 0.757. The van der Waals surface area contributed by atoms with Crippen LogP contribution in [0.4, 0.5) is 9.59 Å². The maximum Gasteiger partial charge on any atom is 0.503 e. The van der Waals surface area contributed by atoms with Gasteiger partial charge in [-0.3, -0.25) is 0 Å². The lowest BCUT2D eigenvalue weighted by Crippen LogP contribution is -1.89. The standard InChI is InChI=1S/C8H18.2CH2O3.H2O/c1-4-6-7-8(3)5-2;2*2-1(3)4;/h8H,4-7H2,1-3H3;2*(H2,2,3,4);1H2. The van der Waals surface area contributed by atoms with Crippen LogP contribution in [0.1, 0.15) is 46.5 Å². The molecule has 1 atom stereocenters. The van der Waals surface area contributed by atoms with Crippen molar-refractivity contribution in [1.82, 2.24) is 0 Å². The monoisotopic (exact) mass is 256 g/mol. The van der Waals surface area contributed by atoms with Crippen molar-refractivity contribution in [2.75, 3.05) is 0 Å². The molecule has 0 bridgehead atoms. The minimum absolute atomic E-state index is 0. The summed E-state index contributed by atoms with van der Waals surface area (Å²) in [6, 6.07) is 0. The summed E-state index contributed by atoms with van der Waals surface area (Å²) in [5, 5.41) is 27.9. The van der Waals surface area contributed by atoms with E-state index in [2.05, 4.69) is 20.8 Å². The SMILES string of the molecule is CCCCC(C)CC.O.O=C(O)O.O=C(O)O. The van der Waals surface area contributed by atoms with Gasteiger partial charge in [0.25, 0.3) is 0 Å². The van der Waals surface area contributed by atoms with Gasteiger partial charge in [0, 0.05) is 0 Å². The average Bonchev–Trinajstić information content (AvgIpc) is 2.12. The van der Waals surface area contributed by atoms with Crippen LogP contribution in [-0.4, -0.2) is 38.2 Å². The van der Waals surface area contributed by atoms with E-state index in [1.807, 2.05) is 0 Å². The first-order valence-corrected chi connectivity index (χ1v) is 5.11. The molecule has 17 heavy (non-hydrogen) atoms. The van der Waals surface area contributed by atoms with Gasteiger partial charge < -0.3 is 25.9 Å². The van der Waals surface area contributed by atoms with Crippen LogP contribution in [0, 0.1) is 5.92 Å². The Bertz CT molecular complexity index is 150. The Balaban J connectivity index is -0.0000000806. The Morgan fingerprint density at radius 1 is 1.00 bits per heavy atom. The smallest absolute Gasteiger partial charge is 0.450 e. The molecule has 0 saturated carbocycles. The predicted molar refractivity (Wildman–Crippen MR) is 63.9 cm³/mol. The zero-order valence-electron chi connectivity index (χ0n) is 10.5. The van der Waals surface area contributed by atoms with Crippen LogP contribution in [-0.2, 0) is 0 Å². The molecule has 0 aromatic carbocycles. The first-order chi connectivity index (χ1) is 7.27. The summed E-state index contributed by atoms with van der Waals surface area (Å²) in [4.78, 5) is 17.1. The lowest BCUT2D eigenvalue weighted by atomic mass is 10.0. The van der Waals surface area contributed by atoms with E-state index in [1.165, 1.54) is 25.7 Å². The molecule has 0 amide bonds. The van der Waals surface area contributed by atoms with E-state index in [0.717, 1.165) is 5.92 Å². The first-order valence-electron chi connectivity index (χ1n) is 5.11. The molecule has 0 aliphatic carbocycles. The van der Waals surface area contributed by atoms with Crippen molar-refractivity contribution in [2.24, 2.45) is 5.92 Å². The number of hydrogen-bond acceptors (Lipinski definition) is 2. The van der Waals surface area contributed by atoms with Gasteiger partial charge >= 0.3 is 12.3 Å². The highest BCUT2D eigenvalue weighted by atomic mass is 16.6. The van der Waals surface area contributed by atoms with Gasteiger partial charge in [-0.25, -0.2) is 9.59 Å². The molecule has 6 N–H and O–H groups in total. The predicted octanol–water partition coefficient (Wildman–Crippen LogP) is 2.84. The lowest BCUT2D eigenvalue weighted by molar-refractivity contribution is 0.135. The Morgan fingerprint density at radius 3 is 1.47 bits per heavy atom. The number of carboxylic acid groups (broad SMARTS) is 4. The van der Waals surface area contributed by atoms with Crippen molar-refractivity contribution < 1.29 is 35.5 Å². The molecular weight excluding hydrogens is 232 g/mol. The van der Waals surface area contributed by atoms with Crippen molar-refractivity contribution in [3.8, 4) is 0 Å². The van der Waals surface area contributed by atoms with E-state index in [-0.39, 0.29) is 5.48 Å². The number of unbranched alkanes of at least 4 members (excludes halogenated alkanes) is 1. The molecule has 0 aliphatic rings. The van der Waals surface area contributed by atoms with Crippen LogP contribution in [0.3, 0.4) is 0 Å². The molecule has 0 fully saturated rings. The summed E-state index contributed by atoms with van der Waals surface area (Å²) in [5.41, 5.74) is 0. The van der Waals surface area contributed by atoms with Crippen LogP contribution < -0.4 is 0 Å². The molecule has 0 saturated heterocycles. The van der Waals surface area contributed by atoms with Crippen LogP contribution in [0.2, 0.25) is 0 Å². The van der Waals surface area contributed by atoms with E-state index in [9.17, 15) is 0 Å². The van der Waals surface area contributed by atoms with Gasteiger partial charge in [-0.15, -0.1) is 0 Å². The molecule has 7 nitrogen and oxygen atoms in total. The zero-order chi connectivity index (χ0) is 13.6. The average molecular weight is 256 g/mol. The molecule has 0 aromatic heterocycles. The zero-order valence-corrected chi connectivity index (χ0v) is 10.5. The van der Waals surface area contributed by atoms with Crippen molar-refractivity contribution in [3.63, 3.8) is 0 Å². The maximum absolute atomic E-state index is 8.56. The summed E-state index contributed by atoms with van der Waals surface area (Å²) in [7, 11) is 0.